The molecule has 1 aromatic heterocycles. The van der Waals surface area contributed by atoms with Crippen molar-refractivity contribution < 1.29 is 247 Å². The molecule has 0 aliphatic carbocycles. The van der Waals surface area contributed by atoms with Gasteiger partial charge in [-0.1, -0.05) is 6.07 Å². The van der Waals surface area contributed by atoms with Crippen molar-refractivity contribution in [1.82, 2.24) is 31.6 Å². The molecule has 0 unspecified atom stereocenters. The molecule has 10 rings (SSSR count). The van der Waals surface area contributed by atoms with Gasteiger partial charge < -0.3 is 255 Å². The number of hydrogen-bond donors (Lipinski definition) is 33. The monoisotopic (exact) mass is 1920 g/mol. The molecule has 49 atom stereocenters. The van der Waals surface area contributed by atoms with Crippen LogP contribution in [0.5, 0.6) is 0 Å². The second kappa shape index (κ2) is 48.9. The average molecular weight is 1920 g/mol. The number of nitrogens with zero attached hydrogens (tertiary/aromatic N) is 1. The minimum absolute atomic E-state index is 0.207. The summed E-state index contributed by atoms with van der Waals surface area (Å²) >= 11 is 0. The Hall–Kier alpha value is -5.50. The summed E-state index contributed by atoms with van der Waals surface area (Å²) in [4.78, 5) is 69.9. The highest BCUT2D eigenvalue weighted by Gasteiger charge is 2.63. The molecule has 57 heteroatoms. The van der Waals surface area contributed by atoms with E-state index in [1.165, 1.54) is 12.3 Å². The van der Waals surface area contributed by atoms with E-state index in [0.717, 1.165) is 34.6 Å². The van der Waals surface area contributed by atoms with Gasteiger partial charge in [0.1, 0.15) is 244 Å². The summed E-state index contributed by atoms with van der Waals surface area (Å²) in [6, 6.07) is -5.05. The van der Waals surface area contributed by atoms with E-state index < -0.39 is 396 Å². The van der Waals surface area contributed by atoms with Gasteiger partial charge in [0.2, 0.25) is 29.5 Å². The van der Waals surface area contributed by atoms with Gasteiger partial charge in [-0.25, -0.2) is 4.98 Å². The molecule has 9 aliphatic rings. The van der Waals surface area contributed by atoms with Crippen molar-refractivity contribution in [3.8, 4) is 0 Å². The molecule has 9 fully saturated rings. The fourth-order valence-electron chi connectivity index (χ4n) is 16.6. The molecule has 57 nitrogen and oxygen atoms in total. The van der Waals surface area contributed by atoms with Crippen molar-refractivity contribution >= 4 is 35.4 Å². The number of anilines is 1. The normalized spacial score (nSPS) is 44.2. The minimum atomic E-state index is -2.84. The lowest BCUT2D eigenvalue weighted by Gasteiger charge is -2.53. The van der Waals surface area contributed by atoms with Crippen LogP contribution in [0.25, 0.3) is 0 Å². The number of aliphatic hydroxyl groups excluding tert-OH is 27. The van der Waals surface area contributed by atoms with Crippen molar-refractivity contribution in [2.24, 2.45) is 0 Å². The second-order valence-corrected chi connectivity index (χ2v) is 32.9. The SMILES string of the molecule is CC(=O)N[C@H]1[C@H](O[C@@H]([C@H](O)[C@H](CNc2ccccn2)NC(C)=O)[C@H](O)CO)O[C@H](CO)[C@@H](O[C@@H]2O[C@H](CO[C@H]3O[C@H](CO)[C@@H](O)[C@H](O)[C@@H]3O[C@H]3O[C@H](CO)[C@@H](O)[C@H](O)[C@@H]3O)[C@@H](O[C@@H]3O[C@H](CO)[C@@H](O)[C@H](O)[C@H]3NC(C)=O)[C@H](O[C@H]3O[C@H](CO)[C@@H](O[C@@H]4O[C@H](CO)[C@@H](O[C@@H]5O[C@H](CO)[C@H](O)[C@H](O)[C@H]5O)[C@H](O)[C@H]4NC(C)=O)[C@H](O)[C@@H]3O[C@@H]3O[C@H](CO)[C@@H](O)[C@H](O)[C@H]3NC(C)=O)[C@@H]2O)[C@@H]1O. The number of hydrogen-bond acceptors (Lipinski definition) is 52. The van der Waals surface area contributed by atoms with Gasteiger partial charge in [-0.05, 0) is 12.1 Å². The molecule has 0 spiro atoms. The summed E-state index contributed by atoms with van der Waals surface area (Å²) in [5.74, 6) is -4.62. The predicted molar refractivity (Wildman–Crippen MR) is 416 cm³/mol. The molecule has 9 saturated heterocycles. The number of aliphatic hydroxyl groups is 27. The first-order chi connectivity index (χ1) is 62.6. The van der Waals surface area contributed by atoms with E-state index in [0.29, 0.717) is 0 Å². The van der Waals surface area contributed by atoms with E-state index in [1.54, 1.807) is 12.1 Å². The third-order valence-electron chi connectivity index (χ3n) is 23.5. The molecular weight excluding hydrogens is 1800 g/mol. The van der Waals surface area contributed by atoms with Crippen LogP contribution < -0.4 is 31.9 Å². The third-order valence-corrected chi connectivity index (χ3v) is 23.5. The van der Waals surface area contributed by atoms with Crippen molar-refractivity contribution in [1.29, 1.82) is 0 Å². The number of rotatable bonds is 39. The Labute approximate surface area is 749 Å². The smallest absolute Gasteiger partial charge is 0.217 e. The molecule has 0 bridgehead atoms. The van der Waals surface area contributed by atoms with Crippen LogP contribution in [-0.4, -0.2) is 545 Å². The quantitative estimate of drug-likeness (QED) is 0.0291. The minimum Gasteiger partial charge on any atom is -0.394 e. The van der Waals surface area contributed by atoms with Crippen LogP contribution >= 0.6 is 0 Å². The van der Waals surface area contributed by atoms with Gasteiger partial charge in [0.15, 0.2) is 56.6 Å². The Bertz CT molecular complexity index is 3730. The van der Waals surface area contributed by atoms with Crippen LogP contribution in [0.2, 0.25) is 0 Å². The van der Waals surface area contributed by atoms with Gasteiger partial charge in [-0.2, -0.15) is 0 Å². The number of nitrogens with one attached hydrogen (secondary N) is 6. The van der Waals surface area contributed by atoms with Crippen LogP contribution in [-0.2, 0) is 109 Å². The second-order valence-electron chi connectivity index (χ2n) is 32.9. The Morgan fingerprint density at radius 2 is 0.667 bits per heavy atom. The maximum atomic E-state index is 13.6. The maximum absolute atomic E-state index is 13.6. The van der Waals surface area contributed by atoms with Gasteiger partial charge in [0.05, 0.1) is 72.1 Å². The predicted octanol–water partition coefficient (Wildman–Crippen LogP) is -20.9. The van der Waals surface area contributed by atoms with Crippen molar-refractivity contribution in [3.05, 3.63) is 24.4 Å². The zero-order chi connectivity index (χ0) is 97.0. The zero-order valence-corrected chi connectivity index (χ0v) is 71.3. The van der Waals surface area contributed by atoms with E-state index in [9.17, 15) is 162 Å². The van der Waals surface area contributed by atoms with Gasteiger partial charge in [0.25, 0.3) is 0 Å². The first kappa shape index (κ1) is 109. The summed E-state index contributed by atoms with van der Waals surface area (Å²) in [5, 5.41) is 321. The Kier molecular flexibility index (Phi) is 40.2. The van der Waals surface area contributed by atoms with Crippen LogP contribution in [0.3, 0.4) is 0 Å². The summed E-state index contributed by atoms with van der Waals surface area (Å²) in [5.41, 5.74) is 0. The first-order valence-corrected chi connectivity index (χ1v) is 42.1. The van der Waals surface area contributed by atoms with Gasteiger partial charge >= 0.3 is 0 Å². The zero-order valence-electron chi connectivity index (χ0n) is 71.3. The molecule has 9 aliphatic heterocycles. The lowest BCUT2D eigenvalue weighted by molar-refractivity contribution is -0.413. The fourth-order valence-corrected chi connectivity index (χ4v) is 16.6. The maximum Gasteiger partial charge on any atom is 0.217 e. The molecule has 0 aromatic carbocycles. The molecule has 10 heterocycles. The topological polar surface area (TPSA) is 883 Å². The number of ether oxygens (including phenoxy) is 18. The number of pyridine rings is 1. The lowest BCUT2D eigenvalue weighted by atomic mass is 9.93. The highest BCUT2D eigenvalue weighted by Crippen LogP contribution is 2.42. The fraction of sp³-hybridized carbons (Fsp3) is 0.867. The van der Waals surface area contributed by atoms with E-state index in [2.05, 4.69) is 36.9 Å². The summed E-state index contributed by atoms with van der Waals surface area (Å²) < 4.78 is 111. The molecule has 132 heavy (non-hydrogen) atoms. The molecule has 0 saturated carbocycles. The molecule has 1 aromatic rings. The Morgan fingerprint density at radius 3 is 1.09 bits per heavy atom. The van der Waals surface area contributed by atoms with Crippen LogP contribution in [0, 0.1) is 0 Å². The highest BCUT2D eigenvalue weighted by atomic mass is 16.8. The molecule has 758 valence electrons. The number of carbonyl (C=O) groups excluding carboxylic acids is 5. The highest BCUT2D eigenvalue weighted by molar-refractivity contribution is 5.75. The van der Waals surface area contributed by atoms with Crippen LogP contribution in [0.15, 0.2) is 24.4 Å². The Balaban J connectivity index is 1.12. The van der Waals surface area contributed by atoms with E-state index in [4.69, 9.17) is 85.3 Å². The van der Waals surface area contributed by atoms with Gasteiger partial charge in [-0.3, -0.25) is 24.0 Å². The lowest BCUT2D eigenvalue weighted by Crippen LogP contribution is -2.72. The van der Waals surface area contributed by atoms with Crippen molar-refractivity contribution in [2.75, 3.05) is 77.9 Å². The summed E-state index contributed by atoms with van der Waals surface area (Å²) in [6.07, 6.45) is -97.1. The standard InChI is InChI=1S/C75H123N7O50/c1-21(92)78-26(10-77-37-8-6-7-9-76-37)42(98)59(27(97)11-83)125-69-40(81-24(4)95)50(106)61(34(18-90)121-69)128-73-58(114)64(63(129-67-38(79-22(2)93)48(104)43(99)28(12-84)116-67)36(124-73)20-115-74-65(54(110)47(103)32(16-88)120-74)132-72-56(112)53(109)46(102)31(15-87)119-72)130-75-66(131-68-39(80-23(3)94)49(105)44(100)29(13-85)117-68)57(113)62(35(19-91)123-75)126-70-41(82-25(5)96)51(107)60(33(17-89)122-70)127-71-55(111)52(108)45(101)30(14-86)118-71/h6-9,26-36,38-75,83-91,97-114H,10-20H2,1-5H3,(H,76,77)(H,78,92)(H,79,93)(H,80,94)(H,81,95)(H,82,96)/t26-,27+,28+,29+,30+,31+,32+,33+,34+,35+,36+,38+,39+,40+,41+,42+,43+,44+,45-,46+,47+,48+,49+,50+,51+,52-,53-,54-,55+,56-,57-,58-,59+,60+,61+,62+,63+,64+,65-,66-,67-,68-,69-,70-,71-,72+,73-,74-,75+/m0/s1. The molecule has 5 amide bonds. The number of amides is 5. The van der Waals surface area contributed by atoms with E-state index >= 15 is 0 Å². The van der Waals surface area contributed by atoms with Crippen molar-refractivity contribution in [3.63, 3.8) is 0 Å². The largest absolute Gasteiger partial charge is 0.394 e. The molecule has 0 radical (unpaired) electrons. The average Bonchev–Trinajstić information content (AvgIpc) is 0.755. The molecular formula is C75H123N7O50. The summed E-state index contributed by atoms with van der Waals surface area (Å²) in [7, 11) is 0. The van der Waals surface area contributed by atoms with E-state index in [-0.39, 0.29) is 12.4 Å². The van der Waals surface area contributed by atoms with Crippen LogP contribution in [0.1, 0.15) is 34.6 Å². The van der Waals surface area contributed by atoms with Gasteiger partial charge in [-0.15, -0.1) is 0 Å². The first-order valence-electron chi connectivity index (χ1n) is 42.1. The summed E-state index contributed by atoms with van der Waals surface area (Å²) in [6.45, 7) is -7.90. The van der Waals surface area contributed by atoms with Crippen LogP contribution in [0.4, 0.5) is 5.82 Å². The molecule has 33 N–H and O–H groups in total. The van der Waals surface area contributed by atoms with E-state index in [1.807, 2.05) is 0 Å². The van der Waals surface area contributed by atoms with Crippen molar-refractivity contribution in [2.45, 2.75) is 335 Å². The Morgan fingerprint density at radius 1 is 0.333 bits per heavy atom. The van der Waals surface area contributed by atoms with Gasteiger partial charge in [0, 0.05) is 47.4 Å². The number of aromatic nitrogens is 1. The number of carbonyl (C=O) groups is 5. The third kappa shape index (κ3) is 25.2.